The lowest BCUT2D eigenvalue weighted by atomic mass is 10.1. The van der Waals surface area contributed by atoms with E-state index in [9.17, 15) is 25.3 Å². The fourth-order valence-corrected chi connectivity index (χ4v) is 21.8. The highest BCUT2D eigenvalue weighted by Crippen LogP contribution is 2.36. The molecule has 3 fully saturated rings. The number of hydrogen-bond acceptors (Lipinski definition) is 27. The van der Waals surface area contributed by atoms with Gasteiger partial charge in [-0.05, 0) is 93.0 Å². The first-order chi connectivity index (χ1) is 57.2. The van der Waals surface area contributed by atoms with Crippen molar-refractivity contribution in [3.63, 3.8) is 0 Å². The molecule has 0 unspecified atom stereocenters. The second-order valence-electron chi connectivity index (χ2n) is 39.0. The number of rotatable bonds is 39. The predicted octanol–water partition coefficient (Wildman–Crippen LogP) is 14.7. The molecule has 0 aliphatic carbocycles. The Balaban J connectivity index is 0.000000194. The minimum atomic E-state index is -3.06. The zero-order chi connectivity index (χ0) is 88.6. The van der Waals surface area contributed by atoms with Gasteiger partial charge in [0.25, 0.3) is 0 Å². The zero-order valence-electron chi connectivity index (χ0n) is 74.9. The summed E-state index contributed by atoms with van der Waals surface area (Å²) in [6.45, 7) is 50.8. The van der Waals surface area contributed by atoms with E-state index >= 15 is 0 Å². The molecular weight excluding hydrogens is 1890 g/mol. The van der Waals surface area contributed by atoms with Crippen molar-refractivity contribution in [1.82, 2.24) is 58.7 Å². The van der Waals surface area contributed by atoms with Crippen molar-refractivity contribution < 1.29 is 53.7 Å². The number of anilines is 6. The molecule has 0 aromatic carbocycles. The molecule has 0 bridgehead atoms. The van der Waals surface area contributed by atoms with Crippen LogP contribution < -0.4 is 29.4 Å². The van der Waals surface area contributed by atoms with E-state index in [1.54, 1.807) is 31.0 Å². The number of aromatic nitrogens is 12. The summed E-state index contributed by atoms with van der Waals surface area (Å²) in [5.74, 6) is 5.28. The highest BCUT2D eigenvalue weighted by Gasteiger charge is 2.32. The Morgan fingerprint density at radius 1 is 0.361 bits per heavy atom. The van der Waals surface area contributed by atoms with Crippen molar-refractivity contribution >= 4 is 168 Å². The van der Waals surface area contributed by atoms with Crippen LogP contribution in [0, 0.1) is 3.57 Å². The standard InChI is InChI=1S/C32H47N7O4SSi2.C27H43BrN6O4SSi2.C22H40IN5O4SSi2/c1-45(2,3)16-12-42-24-38(25-43-13-17-46(4,5)6)31-19-30(37-10-14-44(40,41)15-11-37)36-32-29(23-35-39(31)32)28-18-27(21-34-22-28)26-8-7-9-33-20-26;1-40(2,3)13-9-37-20-33(21-38-10-14-41(4,5)6)26-16-25(32-7-11-39(35,36)12-8-32)31-27-24(19-30-34(26)27)22-15-23(28)18-29-17-22;1-34(2,3)13-9-31-17-27(18-32-10-14-35(4,5)6)21-15-20(25-22-19(23)16-24-28(21)22)26-7-11-33(29,30)12-8-26/h7-9,18-23H,10-17,24-25H2,1-6H3;15-19H,7-14,20-21H2,1-6H3;15-16H,7-14,17-18H2,1-6H3. The van der Waals surface area contributed by atoms with Crippen molar-refractivity contribution in [3.8, 4) is 33.4 Å². The molecule has 0 N–H and O–H groups in total. The monoisotopic (exact) mass is 2020 g/mol. The maximum absolute atomic E-state index is 12.3. The highest BCUT2D eigenvalue weighted by atomic mass is 127. The Kier molecular flexibility index (Phi) is 34.6. The van der Waals surface area contributed by atoms with E-state index in [0.29, 0.717) is 142 Å². The summed E-state index contributed by atoms with van der Waals surface area (Å²) < 4.78 is 117. The first-order valence-electron chi connectivity index (χ1n) is 42.1. The van der Waals surface area contributed by atoms with Gasteiger partial charge in [0.2, 0.25) is 0 Å². The van der Waals surface area contributed by atoms with Gasteiger partial charge in [0.1, 0.15) is 75.3 Å². The largest absolute Gasteiger partial charge is 0.361 e. The first kappa shape index (κ1) is 98.4. The summed E-state index contributed by atoms with van der Waals surface area (Å²) in [4.78, 5) is 40.4. The summed E-state index contributed by atoms with van der Waals surface area (Å²) in [6, 6.07) is 20.3. The van der Waals surface area contributed by atoms with Crippen LogP contribution in [0.15, 0.2) is 103 Å². The van der Waals surface area contributed by atoms with Gasteiger partial charge >= 0.3 is 0 Å². The molecule has 0 amide bonds. The number of nitrogens with zero attached hydrogens (tertiary/aromatic N) is 18. The maximum atomic E-state index is 12.3. The number of ether oxygens (including phenoxy) is 6. The van der Waals surface area contributed by atoms with E-state index in [0.717, 1.165) is 107 Å². The lowest BCUT2D eigenvalue weighted by Gasteiger charge is -2.30. The van der Waals surface area contributed by atoms with Crippen molar-refractivity contribution in [2.75, 3.05) is 183 Å². The van der Waals surface area contributed by atoms with Gasteiger partial charge in [0.15, 0.2) is 46.5 Å². The molecule has 0 spiro atoms. The van der Waals surface area contributed by atoms with E-state index in [1.807, 2.05) is 89.4 Å². The van der Waals surface area contributed by atoms with Crippen molar-refractivity contribution in [2.45, 2.75) is 154 Å². The smallest absolute Gasteiger partial charge is 0.173 e. The Hall–Kier alpha value is -5.77. The average Bonchev–Trinajstić information content (AvgIpc) is 1.58. The Bertz CT molecular complexity index is 5180. The third-order valence-electron chi connectivity index (χ3n) is 20.8. The van der Waals surface area contributed by atoms with Crippen LogP contribution in [0.25, 0.3) is 50.3 Å². The summed E-state index contributed by atoms with van der Waals surface area (Å²) in [7, 11) is -16.5. The molecule has 9 aromatic rings. The van der Waals surface area contributed by atoms with E-state index in [4.69, 9.17) is 53.6 Å². The maximum Gasteiger partial charge on any atom is 0.173 e. The predicted molar refractivity (Wildman–Crippen MR) is 523 cm³/mol. The Morgan fingerprint density at radius 2 is 0.648 bits per heavy atom. The van der Waals surface area contributed by atoms with Crippen LogP contribution in [-0.4, -0.2) is 286 Å². The lowest BCUT2D eigenvalue weighted by Crippen LogP contribution is -2.41. The molecular formula is C81H130BrIN18O12S3Si6. The van der Waals surface area contributed by atoms with Crippen LogP contribution in [0.4, 0.5) is 34.9 Å². The molecule has 3 aliphatic heterocycles. The Morgan fingerprint density at radius 3 is 0.959 bits per heavy atom. The quantitative estimate of drug-likeness (QED) is 0.0150. The average molecular weight is 2020 g/mol. The van der Waals surface area contributed by atoms with Crippen LogP contribution in [0.2, 0.25) is 154 Å². The summed E-state index contributed by atoms with van der Waals surface area (Å²) in [6.07, 6.45) is 16.2. The molecule has 0 radical (unpaired) electrons. The molecule has 12 heterocycles. The molecule has 12 rings (SSSR count). The fourth-order valence-electron chi connectivity index (χ4n) is 12.8. The van der Waals surface area contributed by atoms with Crippen molar-refractivity contribution in [3.05, 3.63) is 106 Å². The second-order valence-corrected chi connectivity index (χ2v) is 81.7. The molecule has 0 saturated carbocycles. The van der Waals surface area contributed by atoms with Crippen LogP contribution in [0.3, 0.4) is 0 Å². The van der Waals surface area contributed by atoms with Gasteiger partial charge in [-0.1, -0.05) is 124 Å². The molecule has 30 nitrogen and oxygen atoms in total. The van der Waals surface area contributed by atoms with E-state index < -0.39 is 78.0 Å². The lowest BCUT2D eigenvalue weighted by molar-refractivity contribution is 0.0941. The van der Waals surface area contributed by atoms with Gasteiger partial charge in [-0.25, -0.2) is 40.2 Å². The highest BCUT2D eigenvalue weighted by molar-refractivity contribution is 14.1. The minimum absolute atomic E-state index is 0.0989. The normalized spacial score (nSPS) is 16.0. The summed E-state index contributed by atoms with van der Waals surface area (Å²) >= 11 is 5.77. The fraction of sp³-hybridized carbons (Fsp3) is 0.593. The molecule has 3 aliphatic rings. The van der Waals surface area contributed by atoms with Gasteiger partial charge in [-0.3, -0.25) is 15.0 Å². The molecule has 0 atom stereocenters. The summed E-state index contributed by atoms with van der Waals surface area (Å²) in [5, 5.41) is 14.1. The SMILES string of the molecule is C[Si](C)(C)CCOCN(COCC[Si](C)(C)C)c1cc(N2CCS(=O)(=O)CC2)nc2c(-c3cncc(-c4cccnc4)c3)cnn12.C[Si](C)(C)CCOCN(COCC[Si](C)(C)C)c1cc(N2CCS(=O)(=O)CC2)nc2c(-c3cncc(Br)c3)cnn12.C[Si](C)(C)CCOCN(COCC[Si](C)(C)C)c1cc(N2CCS(=O)(=O)CC2)nc2c(I)cnn12. The number of hydrogen-bond donors (Lipinski definition) is 0. The minimum Gasteiger partial charge on any atom is -0.361 e. The number of pyridine rings is 3. The van der Waals surface area contributed by atoms with Crippen LogP contribution in [-0.2, 0) is 57.9 Å². The van der Waals surface area contributed by atoms with E-state index in [-0.39, 0.29) is 34.5 Å². The van der Waals surface area contributed by atoms with Crippen LogP contribution in [0.5, 0.6) is 0 Å². The van der Waals surface area contributed by atoms with Crippen LogP contribution >= 0.6 is 38.5 Å². The van der Waals surface area contributed by atoms with Gasteiger partial charge in [-0.15, -0.1) is 0 Å². The molecule has 9 aromatic heterocycles. The topological polar surface area (TPSA) is 306 Å². The molecule has 3 saturated heterocycles. The number of sulfone groups is 3. The molecule has 41 heteroatoms. The van der Waals surface area contributed by atoms with E-state index in [1.165, 1.54) is 0 Å². The van der Waals surface area contributed by atoms with Gasteiger partial charge < -0.3 is 57.8 Å². The van der Waals surface area contributed by atoms with Gasteiger partial charge in [-0.2, -0.15) is 28.8 Å². The second kappa shape index (κ2) is 42.9. The first-order valence-corrected chi connectivity index (χ1v) is 71.7. The number of fused-ring (bicyclic) bond motifs is 3. The summed E-state index contributed by atoms with van der Waals surface area (Å²) in [5.41, 5.74) is 7.40. The van der Waals surface area contributed by atoms with Gasteiger partial charge in [0, 0.05) is 221 Å². The Labute approximate surface area is 751 Å². The third kappa shape index (κ3) is 31.0. The van der Waals surface area contributed by atoms with E-state index in [2.05, 4.69) is 197 Å². The van der Waals surface area contributed by atoms with Crippen LogP contribution in [0.1, 0.15) is 0 Å². The number of halogens is 2. The zero-order valence-corrected chi connectivity index (χ0v) is 87.1. The van der Waals surface area contributed by atoms with Crippen molar-refractivity contribution in [2.24, 2.45) is 0 Å². The molecule has 672 valence electrons. The third-order valence-corrected chi connectivity index (χ3v) is 37.0. The molecule has 122 heavy (non-hydrogen) atoms. The van der Waals surface area contributed by atoms with Gasteiger partial charge in [0.05, 0.1) is 56.7 Å². The van der Waals surface area contributed by atoms with Crippen molar-refractivity contribution in [1.29, 1.82) is 0 Å².